The lowest BCUT2D eigenvalue weighted by Crippen LogP contribution is -1.91. The lowest BCUT2D eigenvalue weighted by molar-refractivity contribution is 0.391. The Morgan fingerprint density at radius 1 is 1.08 bits per heavy atom. The van der Waals surface area contributed by atoms with Gasteiger partial charge in [-0.05, 0) is 36.4 Å². The van der Waals surface area contributed by atoms with Crippen molar-refractivity contribution in [3.8, 4) is 11.4 Å². The Labute approximate surface area is 147 Å². The predicted octanol–water partition coefficient (Wildman–Crippen LogP) is 4.57. The van der Waals surface area contributed by atoms with Gasteiger partial charge in [0, 0.05) is 17.6 Å². The maximum Gasteiger partial charge on any atom is 0.237 e. The van der Waals surface area contributed by atoms with Gasteiger partial charge in [0.15, 0.2) is 5.16 Å². The van der Waals surface area contributed by atoms with Crippen molar-refractivity contribution in [1.82, 2.24) is 19.7 Å². The van der Waals surface area contributed by atoms with Crippen LogP contribution in [0.2, 0.25) is 5.02 Å². The standard InChI is InChI=1S/C17H13ClN4OS/c1-22-14-5-3-2-4-13(14)19-17(22)24-10-15-20-16(21-23-15)11-6-8-12(18)9-7-11/h2-9H,10H2,1H3. The molecule has 7 heteroatoms. The number of thioether (sulfide) groups is 1. The monoisotopic (exact) mass is 356 g/mol. The first-order chi connectivity index (χ1) is 11.7. The summed E-state index contributed by atoms with van der Waals surface area (Å²) < 4.78 is 7.40. The molecule has 0 unspecified atom stereocenters. The number of halogens is 1. The number of imidazole rings is 1. The first-order valence-corrected chi connectivity index (χ1v) is 8.70. The number of hydrogen-bond acceptors (Lipinski definition) is 5. The van der Waals surface area contributed by atoms with E-state index in [1.807, 2.05) is 37.4 Å². The number of benzene rings is 2. The van der Waals surface area contributed by atoms with E-state index in [0.717, 1.165) is 21.8 Å². The van der Waals surface area contributed by atoms with Crippen LogP contribution >= 0.6 is 23.4 Å². The van der Waals surface area contributed by atoms with Crippen LogP contribution in [-0.4, -0.2) is 19.7 Å². The zero-order valence-corrected chi connectivity index (χ0v) is 14.4. The highest BCUT2D eigenvalue weighted by atomic mass is 35.5. The number of hydrogen-bond donors (Lipinski definition) is 0. The van der Waals surface area contributed by atoms with Crippen molar-refractivity contribution < 1.29 is 4.52 Å². The Morgan fingerprint density at radius 2 is 1.88 bits per heavy atom. The van der Waals surface area contributed by atoms with Gasteiger partial charge >= 0.3 is 0 Å². The number of rotatable bonds is 4. The fourth-order valence-corrected chi connectivity index (χ4v) is 3.36. The summed E-state index contributed by atoms with van der Waals surface area (Å²) in [6, 6.07) is 15.4. The number of fused-ring (bicyclic) bond motifs is 1. The van der Waals surface area contributed by atoms with Crippen LogP contribution in [0.15, 0.2) is 58.2 Å². The molecule has 0 amide bonds. The molecular formula is C17H13ClN4OS. The van der Waals surface area contributed by atoms with Gasteiger partial charge in [-0.3, -0.25) is 0 Å². The second-order valence-electron chi connectivity index (χ2n) is 5.25. The van der Waals surface area contributed by atoms with E-state index in [-0.39, 0.29) is 0 Å². The van der Waals surface area contributed by atoms with Crippen molar-refractivity contribution in [3.05, 3.63) is 59.4 Å². The molecule has 120 valence electrons. The largest absolute Gasteiger partial charge is 0.338 e. The average Bonchev–Trinajstić information content (AvgIpc) is 3.19. The highest BCUT2D eigenvalue weighted by Crippen LogP contribution is 2.26. The molecule has 0 aliphatic rings. The number of para-hydroxylation sites is 2. The second kappa shape index (κ2) is 6.30. The quantitative estimate of drug-likeness (QED) is 0.501. The fraction of sp³-hybridized carbons (Fsp3) is 0.118. The molecule has 0 N–H and O–H groups in total. The summed E-state index contributed by atoms with van der Waals surface area (Å²) >= 11 is 7.46. The molecule has 0 saturated heterocycles. The zero-order chi connectivity index (χ0) is 16.5. The number of aromatic nitrogens is 4. The Morgan fingerprint density at radius 3 is 2.67 bits per heavy atom. The van der Waals surface area contributed by atoms with E-state index in [0.29, 0.717) is 22.5 Å². The Bertz CT molecular complexity index is 993. The summed E-state index contributed by atoms with van der Waals surface area (Å²) in [5.74, 6) is 1.70. The highest BCUT2D eigenvalue weighted by Gasteiger charge is 2.12. The molecular weight excluding hydrogens is 344 g/mol. The van der Waals surface area contributed by atoms with Gasteiger partial charge in [0.1, 0.15) is 0 Å². The minimum Gasteiger partial charge on any atom is -0.338 e. The summed E-state index contributed by atoms with van der Waals surface area (Å²) in [4.78, 5) is 9.05. The molecule has 4 rings (SSSR count). The van der Waals surface area contributed by atoms with Crippen molar-refractivity contribution in [2.24, 2.45) is 7.05 Å². The summed E-state index contributed by atoms with van der Waals surface area (Å²) in [5.41, 5.74) is 2.96. The van der Waals surface area contributed by atoms with E-state index in [1.54, 1.807) is 23.9 Å². The molecule has 0 spiro atoms. The van der Waals surface area contributed by atoms with E-state index < -0.39 is 0 Å². The van der Waals surface area contributed by atoms with Gasteiger partial charge in [0.2, 0.25) is 11.7 Å². The Balaban J connectivity index is 1.51. The third-order valence-corrected chi connectivity index (χ3v) is 4.91. The average molecular weight is 357 g/mol. The molecule has 0 fully saturated rings. The van der Waals surface area contributed by atoms with E-state index in [2.05, 4.69) is 25.8 Å². The minimum absolute atomic E-state index is 0.562. The SMILES string of the molecule is Cn1c(SCc2nc(-c3ccc(Cl)cc3)no2)nc2ccccc21. The first-order valence-electron chi connectivity index (χ1n) is 7.33. The van der Waals surface area contributed by atoms with Gasteiger partial charge < -0.3 is 9.09 Å². The molecule has 0 aliphatic heterocycles. The van der Waals surface area contributed by atoms with Crippen LogP contribution in [0.1, 0.15) is 5.89 Å². The minimum atomic E-state index is 0.562. The fourth-order valence-electron chi connectivity index (χ4n) is 2.41. The predicted molar refractivity (Wildman–Crippen MR) is 95.0 cm³/mol. The van der Waals surface area contributed by atoms with Crippen molar-refractivity contribution in [2.75, 3.05) is 0 Å². The summed E-state index contributed by atoms with van der Waals surface area (Å²) in [6.45, 7) is 0. The third kappa shape index (κ3) is 2.90. The van der Waals surface area contributed by atoms with Gasteiger partial charge in [-0.15, -0.1) is 0 Å². The van der Waals surface area contributed by atoms with Crippen LogP contribution in [0.3, 0.4) is 0 Å². The molecule has 0 saturated carbocycles. The van der Waals surface area contributed by atoms with E-state index in [4.69, 9.17) is 16.1 Å². The molecule has 5 nitrogen and oxygen atoms in total. The lowest BCUT2D eigenvalue weighted by Gasteiger charge is -1.99. The van der Waals surface area contributed by atoms with Crippen LogP contribution in [0.5, 0.6) is 0 Å². The van der Waals surface area contributed by atoms with E-state index in [9.17, 15) is 0 Å². The third-order valence-electron chi connectivity index (χ3n) is 3.64. The van der Waals surface area contributed by atoms with Gasteiger partial charge in [-0.25, -0.2) is 4.98 Å². The highest BCUT2D eigenvalue weighted by molar-refractivity contribution is 7.98. The van der Waals surface area contributed by atoms with Gasteiger partial charge in [0.05, 0.1) is 16.8 Å². The first kappa shape index (κ1) is 15.2. The van der Waals surface area contributed by atoms with Gasteiger partial charge in [0.25, 0.3) is 0 Å². The smallest absolute Gasteiger partial charge is 0.237 e. The maximum absolute atomic E-state index is 5.89. The second-order valence-corrected chi connectivity index (χ2v) is 6.63. The van der Waals surface area contributed by atoms with Crippen molar-refractivity contribution in [3.63, 3.8) is 0 Å². The van der Waals surface area contributed by atoms with E-state index >= 15 is 0 Å². The van der Waals surface area contributed by atoms with Crippen LogP contribution in [0.25, 0.3) is 22.4 Å². The summed E-state index contributed by atoms with van der Waals surface area (Å²) in [6.07, 6.45) is 0. The molecule has 2 aromatic heterocycles. The molecule has 24 heavy (non-hydrogen) atoms. The Kier molecular flexibility index (Phi) is 4.00. The molecule has 2 heterocycles. The van der Waals surface area contributed by atoms with Gasteiger partial charge in [-0.1, -0.05) is 40.7 Å². The van der Waals surface area contributed by atoms with Gasteiger partial charge in [-0.2, -0.15) is 4.98 Å². The molecule has 0 bridgehead atoms. The molecule has 0 atom stereocenters. The van der Waals surface area contributed by atoms with Crippen molar-refractivity contribution in [1.29, 1.82) is 0 Å². The van der Waals surface area contributed by atoms with Crippen molar-refractivity contribution in [2.45, 2.75) is 10.9 Å². The van der Waals surface area contributed by atoms with Crippen LogP contribution in [0, 0.1) is 0 Å². The van der Waals surface area contributed by atoms with E-state index in [1.165, 1.54) is 0 Å². The molecule has 0 radical (unpaired) electrons. The van der Waals surface area contributed by atoms with Crippen LogP contribution in [-0.2, 0) is 12.8 Å². The van der Waals surface area contributed by atoms with Crippen molar-refractivity contribution >= 4 is 34.4 Å². The van der Waals surface area contributed by atoms with Crippen LogP contribution in [0.4, 0.5) is 0 Å². The van der Waals surface area contributed by atoms with Crippen LogP contribution < -0.4 is 0 Å². The topological polar surface area (TPSA) is 56.7 Å². The zero-order valence-electron chi connectivity index (χ0n) is 12.8. The molecule has 4 aromatic rings. The molecule has 2 aromatic carbocycles. The molecule has 0 aliphatic carbocycles. The lowest BCUT2D eigenvalue weighted by atomic mass is 10.2. The Hall–Kier alpha value is -2.31. The number of nitrogens with zero attached hydrogens (tertiary/aromatic N) is 4. The summed E-state index contributed by atoms with van der Waals surface area (Å²) in [7, 11) is 2.00. The summed E-state index contributed by atoms with van der Waals surface area (Å²) in [5, 5.41) is 5.62. The normalized spacial score (nSPS) is 11.2. The maximum atomic E-state index is 5.89. The number of aryl methyl sites for hydroxylation is 1.